The van der Waals surface area contributed by atoms with Crippen molar-refractivity contribution < 1.29 is 19.0 Å². The lowest BCUT2D eigenvalue weighted by Gasteiger charge is -2.27. The SMILES string of the molecule is COC(=O)c1nc(Cl)nc(NC(C)COC2CCO2)c1Cl. The van der Waals surface area contributed by atoms with E-state index in [0.29, 0.717) is 6.61 Å². The molecule has 0 saturated carbocycles. The quantitative estimate of drug-likeness (QED) is 0.629. The number of hydrogen-bond acceptors (Lipinski definition) is 7. The molecule has 1 fully saturated rings. The number of rotatable bonds is 6. The molecule has 2 atom stereocenters. The first kappa shape index (κ1) is 16.2. The van der Waals surface area contributed by atoms with Gasteiger partial charge in [-0.2, -0.15) is 4.98 Å². The molecule has 0 spiro atoms. The molecular formula is C12H15Cl2N3O4. The fraction of sp³-hybridized carbons (Fsp3) is 0.583. The third-order valence-electron chi connectivity index (χ3n) is 2.78. The molecule has 1 saturated heterocycles. The van der Waals surface area contributed by atoms with E-state index in [1.54, 1.807) is 0 Å². The van der Waals surface area contributed by atoms with Crippen molar-refractivity contribution in [1.82, 2.24) is 9.97 Å². The number of halogens is 2. The molecule has 2 unspecified atom stereocenters. The van der Waals surface area contributed by atoms with Crippen molar-refractivity contribution in [3.8, 4) is 0 Å². The van der Waals surface area contributed by atoms with Crippen molar-refractivity contribution in [3.05, 3.63) is 16.0 Å². The molecule has 1 aliphatic heterocycles. The molecule has 1 aromatic rings. The maximum atomic E-state index is 11.6. The molecule has 2 rings (SSSR count). The highest BCUT2D eigenvalue weighted by Crippen LogP contribution is 2.26. The number of nitrogens with zero attached hydrogens (tertiary/aromatic N) is 2. The summed E-state index contributed by atoms with van der Waals surface area (Å²) in [5, 5.41) is 2.97. The van der Waals surface area contributed by atoms with Crippen LogP contribution in [-0.4, -0.2) is 48.6 Å². The Labute approximate surface area is 131 Å². The smallest absolute Gasteiger partial charge is 0.358 e. The van der Waals surface area contributed by atoms with Gasteiger partial charge in [0.15, 0.2) is 17.8 Å². The molecule has 21 heavy (non-hydrogen) atoms. The largest absolute Gasteiger partial charge is 0.464 e. The van der Waals surface area contributed by atoms with Crippen LogP contribution >= 0.6 is 23.2 Å². The lowest BCUT2D eigenvalue weighted by Crippen LogP contribution is -2.34. The Hall–Kier alpha value is -1.15. The standard InChI is InChI=1S/C12H15Cl2N3O4/c1-6(5-21-7-3-4-20-7)15-10-8(13)9(11(18)19-2)16-12(14)17-10/h6-7H,3-5H2,1-2H3,(H,15,16,17). The fourth-order valence-corrected chi connectivity index (χ4v) is 2.00. The van der Waals surface area contributed by atoms with Gasteiger partial charge in [-0.1, -0.05) is 11.6 Å². The molecular weight excluding hydrogens is 321 g/mol. The number of anilines is 1. The molecule has 7 nitrogen and oxygen atoms in total. The van der Waals surface area contributed by atoms with Crippen LogP contribution in [0.25, 0.3) is 0 Å². The van der Waals surface area contributed by atoms with Crippen molar-refractivity contribution in [3.63, 3.8) is 0 Å². The van der Waals surface area contributed by atoms with Crippen molar-refractivity contribution in [2.45, 2.75) is 25.7 Å². The second-order valence-electron chi connectivity index (χ2n) is 4.46. The number of carbonyl (C=O) groups is 1. The molecule has 0 bridgehead atoms. The Bertz CT molecular complexity index is 525. The Morgan fingerprint density at radius 3 is 2.81 bits per heavy atom. The monoisotopic (exact) mass is 335 g/mol. The van der Waals surface area contributed by atoms with Crippen molar-refractivity contribution in [2.75, 3.05) is 25.6 Å². The first-order valence-corrected chi connectivity index (χ1v) is 7.08. The van der Waals surface area contributed by atoms with Gasteiger partial charge in [0.05, 0.1) is 20.3 Å². The first-order valence-electron chi connectivity index (χ1n) is 6.32. The minimum Gasteiger partial charge on any atom is -0.464 e. The summed E-state index contributed by atoms with van der Waals surface area (Å²) in [6.07, 6.45) is 0.739. The Balaban J connectivity index is 2.04. The second-order valence-corrected chi connectivity index (χ2v) is 5.18. The number of carbonyl (C=O) groups excluding carboxylic acids is 1. The molecule has 1 aliphatic rings. The van der Waals surface area contributed by atoms with Crippen LogP contribution in [0.1, 0.15) is 23.8 Å². The van der Waals surface area contributed by atoms with Gasteiger partial charge < -0.3 is 19.5 Å². The van der Waals surface area contributed by atoms with E-state index in [1.165, 1.54) is 7.11 Å². The topological polar surface area (TPSA) is 82.6 Å². The second kappa shape index (κ2) is 7.22. The lowest BCUT2D eigenvalue weighted by molar-refractivity contribution is -0.215. The summed E-state index contributed by atoms with van der Waals surface area (Å²) in [6.45, 7) is 3.00. The van der Waals surface area contributed by atoms with E-state index in [1.807, 2.05) is 6.92 Å². The summed E-state index contributed by atoms with van der Waals surface area (Å²) < 4.78 is 15.2. The summed E-state index contributed by atoms with van der Waals surface area (Å²) in [5.74, 6) is -0.429. The van der Waals surface area contributed by atoms with Crippen molar-refractivity contribution in [2.24, 2.45) is 0 Å². The summed E-state index contributed by atoms with van der Waals surface area (Å²) in [4.78, 5) is 19.3. The summed E-state index contributed by atoms with van der Waals surface area (Å²) in [7, 11) is 1.23. The highest BCUT2D eigenvalue weighted by Gasteiger charge is 2.22. The van der Waals surface area contributed by atoms with E-state index in [0.717, 1.165) is 13.0 Å². The molecule has 9 heteroatoms. The summed E-state index contributed by atoms with van der Waals surface area (Å²) in [5.41, 5.74) is -0.0860. The van der Waals surface area contributed by atoms with Gasteiger partial charge in [-0.25, -0.2) is 9.78 Å². The number of aromatic nitrogens is 2. The van der Waals surface area contributed by atoms with Crippen molar-refractivity contribution in [1.29, 1.82) is 0 Å². The van der Waals surface area contributed by atoms with Crippen LogP contribution in [0.15, 0.2) is 0 Å². The fourth-order valence-electron chi connectivity index (χ4n) is 1.62. The van der Waals surface area contributed by atoms with E-state index in [-0.39, 0.29) is 34.1 Å². The molecule has 116 valence electrons. The number of hydrogen-bond donors (Lipinski definition) is 1. The van der Waals surface area contributed by atoms with Crippen LogP contribution in [0.5, 0.6) is 0 Å². The molecule has 0 radical (unpaired) electrons. The molecule has 0 aromatic carbocycles. The molecule has 0 amide bonds. The van der Waals surface area contributed by atoms with Crippen LogP contribution in [0, 0.1) is 0 Å². The maximum Gasteiger partial charge on any atom is 0.358 e. The number of nitrogens with one attached hydrogen (secondary N) is 1. The third-order valence-corrected chi connectivity index (χ3v) is 3.30. The van der Waals surface area contributed by atoms with E-state index < -0.39 is 5.97 Å². The number of ether oxygens (including phenoxy) is 3. The number of methoxy groups -OCH3 is 1. The van der Waals surface area contributed by atoms with Crippen LogP contribution in [0.3, 0.4) is 0 Å². The Kier molecular flexibility index (Phi) is 5.58. The lowest BCUT2D eigenvalue weighted by atomic mass is 10.3. The molecule has 1 aromatic heterocycles. The average molecular weight is 336 g/mol. The normalized spacial score (nSPS) is 18.8. The zero-order chi connectivity index (χ0) is 15.4. The highest BCUT2D eigenvalue weighted by atomic mass is 35.5. The number of esters is 1. The summed E-state index contributed by atoms with van der Waals surface area (Å²) >= 11 is 11.9. The maximum absolute atomic E-state index is 11.6. The van der Waals surface area contributed by atoms with Gasteiger partial charge in [0, 0.05) is 12.5 Å². The van der Waals surface area contributed by atoms with Crippen molar-refractivity contribution >= 4 is 35.0 Å². The minimum atomic E-state index is -0.681. The van der Waals surface area contributed by atoms with Crippen LogP contribution in [-0.2, 0) is 14.2 Å². The van der Waals surface area contributed by atoms with Crippen LogP contribution in [0.4, 0.5) is 5.82 Å². The zero-order valence-electron chi connectivity index (χ0n) is 11.6. The third kappa shape index (κ3) is 4.16. The highest BCUT2D eigenvalue weighted by molar-refractivity contribution is 6.36. The minimum absolute atomic E-state index is 0.0537. The van der Waals surface area contributed by atoms with E-state index in [2.05, 4.69) is 20.0 Å². The van der Waals surface area contributed by atoms with Crippen LogP contribution < -0.4 is 5.32 Å². The molecule has 1 N–H and O–H groups in total. The van der Waals surface area contributed by atoms with Gasteiger partial charge in [-0.3, -0.25) is 0 Å². The van der Waals surface area contributed by atoms with Crippen LogP contribution in [0.2, 0.25) is 10.3 Å². The van der Waals surface area contributed by atoms with Gasteiger partial charge in [-0.05, 0) is 18.5 Å². The van der Waals surface area contributed by atoms with E-state index in [4.69, 9.17) is 32.7 Å². The first-order chi connectivity index (χ1) is 10.0. The predicted molar refractivity (Wildman–Crippen MR) is 76.8 cm³/mol. The van der Waals surface area contributed by atoms with E-state index in [9.17, 15) is 4.79 Å². The van der Waals surface area contributed by atoms with Gasteiger partial charge in [0.2, 0.25) is 5.28 Å². The van der Waals surface area contributed by atoms with E-state index >= 15 is 0 Å². The van der Waals surface area contributed by atoms with Gasteiger partial charge in [0.1, 0.15) is 5.02 Å². The molecule has 0 aliphatic carbocycles. The average Bonchev–Trinajstić information content (AvgIpc) is 2.39. The Morgan fingerprint density at radius 2 is 2.24 bits per heavy atom. The zero-order valence-corrected chi connectivity index (χ0v) is 13.1. The van der Waals surface area contributed by atoms with Gasteiger partial charge >= 0.3 is 5.97 Å². The summed E-state index contributed by atoms with van der Waals surface area (Å²) in [6, 6.07) is -0.108. The Morgan fingerprint density at radius 1 is 1.52 bits per heavy atom. The van der Waals surface area contributed by atoms with Gasteiger partial charge in [0.25, 0.3) is 0 Å². The predicted octanol–water partition coefficient (Wildman–Crippen LogP) is 2.13. The molecule has 2 heterocycles. The van der Waals surface area contributed by atoms with Gasteiger partial charge in [-0.15, -0.1) is 0 Å².